The number of carbonyl (C=O) groups excluding carboxylic acids is 1. The summed E-state index contributed by atoms with van der Waals surface area (Å²) in [7, 11) is 1.33. The molecule has 0 fully saturated rings. The number of carbonyl (C=O) groups is 1. The van der Waals surface area contributed by atoms with Crippen molar-refractivity contribution >= 4 is 37.8 Å². The van der Waals surface area contributed by atoms with E-state index < -0.39 is 12.0 Å². The average Bonchev–Trinajstić information content (AvgIpc) is 2.41. The second-order valence-corrected chi connectivity index (χ2v) is 5.25. The van der Waals surface area contributed by atoms with Crippen LogP contribution in [0.2, 0.25) is 0 Å². The fourth-order valence-corrected chi connectivity index (χ4v) is 2.09. The van der Waals surface area contributed by atoms with Crippen molar-refractivity contribution in [3.63, 3.8) is 0 Å². The van der Waals surface area contributed by atoms with E-state index in [4.69, 9.17) is 10.3 Å². The predicted molar refractivity (Wildman–Crippen MR) is 78.6 cm³/mol. The molecule has 1 atom stereocenters. The summed E-state index contributed by atoms with van der Waals surface area (Å²) >= 11 is 6.75. The molecule has 1 aromatic carbocycles. The van der Waals surface area contributed by atoms with Crippen LogP contribution in [0, 0.1) is 0 Å². The van der Waals surface area contributed by atoms with Gasteiger partial charge in [-0.05, 0) is 55.1 Å². The highest BCUT2D eigenvalue weighted by molar-refractivity contribution is 9.13. The van der Waals surface area contributed by atoms with Crippen molar-refractivity contribution in [3.05, 3.63) is 43.2 Å². The van der Waals surface area contributed by atoms with E-state index in [-0.39, 0.29) is 6.54 Å². The summed E-state index contributed by atoms with van der Waals surface area (Å²) in [6.45, 7) is 0.652. The first-order valence-corrected chi connectivity index (χ1v) is 6.95. The van der Waals surface area contributed by atoms with Gasteiger partial charge in [0.1, 0.15) is 6.04 Å². The summed E-state index contributed by atoms with van der Waals surface area (Å²) in [5, 5.41) is 6.40. The van der Waals surface area contributed by atoms with Crippen molar-refractivity contribution in [2.75, 3.05) is 20.2 Å². The minimum absolute atomic E-state index is 0.266. The van der Waals surface area contributed by atoms with Crippen LogP contribution in [0.1, 0.15) is 11.6 Å². The molecule has 0 saturated carbocycles. The van der Waals surface area contributed by atoms with Crippen LogP contribution < -0.4 is 5.32 Å². The van der Waals surface area contributed by atoms with Crippen LogP contribution >= 0.6 is 31.9 Å². The smallest absolute Gasteiger partial charge is 0.327 e. The Morgan fingerprint density at radius 1 is 1.53 bits per heavy atom. The molecule has 0 amide bonds. The lowest BCUT2D eigenvalue weighted by Gasteiger charge is -2.16. The molecule has 102 valence electrons. The van der Waals surface area contributed by atoms with Crippen molar-refractivity contribution < 1.29 is 9.53 Å². The number of azide groups is 1. The number of nitrogens with zero attached hydrogens (tertiary/aromatic N) is 3. The number of ether oxygens (including phenoxy) is 1. The third-order valence-corrected chi connectivity index (χ3v) is 4.22. The van der Waals surface area contributed by atoms with Crippen molar-refractivity contribution in [2.24, 2.45) is 5.11 Å². The van der Waals surface area contributed by atoms with E-state index in [9.17, 15) is 4.79 Å². The molecule has 0 aromatic heterocycles. The Morgan fingerprint density at radius 3 is 2.84 bits per heavy atom. The molecule has 19 heavy (non-hydrogen) atoms. The Morgan fingerprint density at radius 2 is 2.26 bits per heavy atom. The lowest BCUT2D eigenvalue weighted by Crippen LogP contribution is -2.31. The van der Waals surface area contributed by atoms with Gasteiger partial charge in [0.15, 0.2) is 0 Å². The Bertz CT molecular complexity index is 503. The number of hydrogen-bond donors (Lipinski definition) is 1. The van der Waals surface area contributed by atoms with Crippen molar-refractivity contribution in [1.82, 2.24) is 5.32 Å². The molecule has 0 aliphatic carbocycles. The third-order valence-electron chi connectivity index (χ3n) is 2.34. The predicted octanol–water partition coefficient (Wildman–Crippen LogP) is 3.33. The first-order valence-electron chi connectivity index (χ1n) is 5.37. The molecule has 6 nitrogen and oxygen atoms in total. The average molecular weight is 392 g/mol. The standard InChI is InChI=1S/C11H12Br2N4O2/c1-19-11(18)10(15-4-5-16-17-14)7-2-3-8(12)9(13)6-7/h2-3,6,10,15H,4-5H2,1H3. The third kappa shape index (κ3) is 4.83. The molecule has 1 aromatic rings. The molecule has 8 heteroatoms. The summed E-state index contributed by atoms with van der Waals surface area (Å²) in [5.74, 6) is -0.393. The van der Waals surface area contributed by atoms with Gasteiger partial charge in [0.2, 0.25) is 0 Å². The zero-order chi connectivity index (χ0) is 14.3. The van der Waals surface area contributed by atoms with Crippen LogP contribution in [0.3, 0.4) is 0 Å². The molecule has 0 spiro atoms. The van der Waals surface area contributed by atoms with E-state index in [1.807, 2.05) is 18.2 Å². The SMILES string of the molecule is COC(=O)C(NCCN=[N+]=[N-])c1ccc(Br)c(Br)c1. The Kier molecular flexibility index (Phi) is 6.86. The molecular formula is C11H12Br2N4O2. The van der Waals surface area contributed by atoms with E-state index in [0.717, 1.165) is 14.5 Å². The van der Waals surface area contributed by atoms with E-state index >= 15 is 0 Å². The van der Waals surface area contributed by atoms with Crippen LogP contribution in [-0.2, 0) is 9.53 Å². The molecule has 1 rings (SSSR count). The first kappa shape index (κ1) is 16.0. The highest BCUT2D eigenvalue weighted by atomic mass is 79.9. The van der Waals surface area contributed by atoms with Crippen LogP contribution in [0.15, 0.2) is 32.3 Å². The monoisotopic (exact) mass is 390 g/mol. The summed E-state index contributed by atoms with van der Waals surface area (Å²) in [6.07, 6.45) is 0. The Balaban J connectivity index is 2.86. The highest BCUT2D eigenvalue weighted by Gasteiger charge is 2.21. The van der Waals surface area contributed by atoms with Crippen LogP contribution in [-0.4, -0.2) is 26.2 Å². The van der Waals surface area contributed by atoms with Gasteiger partial charge in [-0.25, -0.2) is 4.79 Å². The lowest BCUT2D eigenvalue weighted by molar-refractivity contribution is -0.143. The number of halogens is 2. The molecule has 1 N–H and O–H groups in total. The number of methoxy groups -OCH3 is 1. The Hall–Kier alpha value is -1.08. The minimum Gasteiger partial charge on any atom is -0.468 e. The summed E-state index contributed by atoms with van der Waals surface area (Å²) < 4.78 is 6.50. The molecular weight excluding hydrogens is 380 g/mol. The molecule has 1 unspecified atom stereocenters. The number of nitrogens with one attached hydrogen (secondary N) is 1. The summed E-state index contributed by atoms with van der Waals surface area (Å²) in [4.78, 5) is 14.4. The largest absolute Gasteiger partial charge is 0.468 e. The van der Waals surface area contributed by atoms with Gasteiger partial charge in [0.25, 0.3) is 0 Å². The molecule has 0 aliphatic heterocycles. The maximum absolute atomic E-state index is 11.8. The first-order chi connectivity index (χ1) is 9.10. The second-order valence-electron chi connectivity index (χ2n) is 3.54. The Labute approximate surface area is 127 Å². The number of benzene rings is 1. The molecule has 0 saturated heterocycles. The molecule has 0 aliphatic rings. The van der Waals surface area contributed by atoms with Gasteiger partial charge in [-0.2, -0.15) is 0 Å². The molecule has 0 radical (unpaired) electrons. The number of esters is 1. The zero-order valence-corrected chi connectivity index (χ0v) is 13.3. The van der Waals surface area contributed by atoms with Gasteiger partial charge in [0.05, 0.1) is 7.11 Å². The van der Waals surface area contributed by atoms with E-state index in [1.54, 1.807) is 0 Å². The zero-order valence-electron chi connectivity index (χ0n) is 10.1. The maximum Gasteiger partial charge on any atom is 0.327 e. The van der Waals surface area contributed by atoms with Crippen molar-refractivity contribution in [1.29, 1.82) is 0 Å². The number of hydrogen-bond acceptors (Lipinski definition) is 4. The molecule has 0 bridgehead atoms. The fraction of sp³-hybridized carbons (Fsp3) is 0.364. The highest BCUT2D eigenvalue weighted by Crippen LogP contribution is 2.27. The second kappa shape index (κ2) is 8.16. The van der Waals surface area contributed by atoms with E-state index in [0.29, 0.717) is 6.54 Å². The topological polar surface area (TPSA) is 87.1 Å². The summed E-state index contributed by atoms with van der Waals surface area (Å²) in [6, 6.07) is 4.89. The van der Waals surface area contributed by atoms with Crippen LogP contribution in [0.5, 0.6) is 0 Å². The van der Waals surface area contributed by atoms with E-state index in [1.165, 1.54) is 7.11 Å². The minimum atomic E-state index is -0.594. The van der Waals surface area contributed by atoms with Crippen molar-refractivity contribution in [3.8, 4) is 0 Å². The lowest BCUT2D eigenvalue weighted by atomic mass is 10.1. The maximum atomic E-state index is 11.8. The van der Waals surface area contributed by atoms with Crippen LogP contribution in [0.25, 0.3) is 10.4 Å². The quantitative estimate of drug-likeness (QED) is 0.265. The van der Waals surface area contributed by atoms with Gasteiger partial charge >= 0.3 is 5.97 Å². The van der Waals surface area contributed by atoms with Crippen molar-refractivity contribution in [2.45, 2.75) is 6.04 Å². The van der Waals surface area contributed by atoms with Gasteiger partial charge in [-0.15, -0.1) is 0 Å². The van der Waals surface area contributed by atoms with Gasteiger partial charge < -0.3 is 10.1 Å². The van der Waals surface area contributed by atoms with Gasteiger partial charge in [0, 0.05) is 26.9 Å². The molecule has 0 heterocycles. The summed E-state index contributed by atoms with van der Waals surface area (Å²) in [5.41, 5.74) is 8.96. The van der Waals surface area contributed by atoms with Gasteiger partial charge in [-0.1, -0.05) is 11.2 Å². The fourth-order valence-electron chi connectivity index (χ4n) is 1.45. The van der Waals surface area contributed by atoms with Gasteiger partial charge in [-0.3, -0.25) is 0 Å². The number of rotatable bonds is 6. The van der Waals surface area contributed by atoms with Crippen LogP contribution in [0.4, 0.5) is 0 Å². The normalized spacial score (nSPS) is 11.5. The van der Waals surface area contributed by atoms with E-state index in [2.05, 4.69) is 47.2 Å².